The van der Waals surface area contributed by atoms with Gasteiger partial charge >= 0.3 is 0 Å². The average molecular weight is 420 g/mol. The molecule has 0 saturated carbocycles. The molecule has 0 spiro atoms. The summed E-state index contributed by atoms with van der Waals surface area (Å²) < 4.78 is 0. The molecule has 1 fully saturated rings. The number of hydrogen-bond donors (Lipinski definition) is 3. The van der Waals surface area contributed by atoms with Gasteiger partial charge in [0.2, 0.25) is 11.8 Å². The van der Waals surface area contributed by atoms with E-state index in [9.17, 15) is 9.59 Å². The minimum Gasteiger partial charge on any atom is -0.325 e. The largest absolute Gasteiger partial charge is 0.325 e. The van der Waals surface area contributed by atoms with Crippen LogP contribution < -0.4 is 16.2 Å². The van der Waals surface area contributed by atoms with Gasteiger partial charge < -0.3 is 5.32 Å². The molecule has 6 heteroatoms. The summed E-state index contributed by atoms with van der Waals surface area (Å²) in [6.07, 6.45) is 0. The number of anilines is 1. The molecule has 1 aliphatic rings. The molecular weight excluding hydrogens is 398 g/mol. The zero-order chi connectivity index (χ0) is 21.1. The molecule has 5 nitrogen and oxygen atoms in total. The molecule has 0 radical (unpaired) electrons. The molecule has 3 unspecified atom stereocenters. The van der Waals surface area contributed by atoms with E-state index in [0.29, 0.717) is 10.7 Å². The summed E-state index contributed by atoms with van der Waals surface area (Å²) in [6.45, 7) is 1.89. The first-order valence-electron chi connectivity index (χ1n) is 9.77. The van der Waals surface area contributed by atoms with Crippen LogP contribution in [0.5, 0.6) is 0 Å². The van der Waals surface area contributed by atoms with Crippen molar-refractivity contribution in [2.24, 2.45) is 5.92 Å². The van der Waals surface area contributed by atoms with Gasteiger partial charge in [-0.2, -0.15) is 0 Å². The maximum atomic E-state index is 13.3. The minimum atomic E-state index is -0.918. The molecule has 3 N–H and O–H groups in total. The second kappa shape index (κ2) is 8.69. The quantitative estimate of drug-likeness (QED) is 0.550. The molecule has 2 amide bonds. The van der Waals surface area contributed by atoms with Gasteiger partial charge in [-0.25, -0.2) is 5.43 Å². The van der Waals surface area contributed by atoms with Gasteiger partial charge in [-0.15, -0.1) is 0 Å². The first kappa shape index (κ1) is 20.1. The van der Waals surface area contributed by atoms with E-state index in [0.717, 1.165) is 16.7 Å². The topological polar surface area (TPSA) is 70.2 Å². The SMILES string of the molecule is Cc1ccc(NC(=O)C2C(=O)NNC(c3ccccc3)C2c2ccccc2)cc1Cl. The van der Waals surface area contributed by atoms with Gasteiger partial charge in [-0.05, 0) is 35.7 Å². The second-order valence-electron chi connectivity index (χ2n) is 7.39. The van der Waals surface area contributed by atoms with E-state index >= 15 is 0 Å². The molecule has 3 atom stereocenters. The Morgan fingerprint density at radius 1 is 0.933 bits per heavy atom. The van der Waals surface area contributed by atoms with Crippen molar-refractivity contribution in [3.05, 3.63) is 101 Å². The maximum absolute atomic E-state index is 13.3. The van der Waals surface area contributed by atoms with Crippen LogP contribution in [0.4, 0.5) is 5.69 Å². The Morgan fingerprint density at radius 3 is 2.20 bits per heavy atom. The maximum Gasteiger partial charge on any atom is 0.247 e. The normalized spacial score (nSPS) is 21.0. The van der Waals surface area contributed by atoms with Gasteiger partial charge in [0.25, 0.3) is 0 Å². The average Bonchev–Trinajstić information content (AvgIpc) is 2.77. The zero-order valence-electron chi connectivity index (χ0n) is 16.4. The van der Waals surface area contributed by atoms with E-state index in [4.69, 9.17) is 11.6 Å². The van der Waals surface area contributed by atoms with E-state index in [2.05, 4.69) is 16.2 Å². The number of halogens is 1. The van der Waals surface area contributed by atoms with Crippen LogP contribution >= 0.6 is 11.6 Å². The summed E-state index contributed by atoms with van der Waals surface area (Å²) >= 11 is 6.20. The lowest BCUT2D eigenvalue weighted by atomic mass is 9.76. The monoisotopic (exact) mass is 419 g/mol. The molecule has 1 aliphatic heterocycles. The Balaban J connectivity index is 1.71. The molecule has 0 aliphatic carbocycles. The number of rotatable bonds is 4. The molecule has 0 bridgehead atoms. The fourth-order valence-corrected chi connectivity index (χ4v) is 4.04. The van der Waals surface area contributed by atoms with E-state index in [1.807, 2.05) is 73.7 Å². The number of carbonyl (C=O) groups is 2. The van der Waals surface area contributed by atoms with Crippen LogP contribution in [0.25, 0.3) is 0 Å². The van der Waals surface area contributed by atoms with Crippen molar-refractivity contribution in [3.8, 4) is 0 Å². The standard InChI is InChI=1S/C24H22ClN3O2/c1-15-12-13-18(14-19(15)25)26-23(29)21-20(16-8-4-2-5-9-16)22(27-28-24(21)30)17-10-6-3-7-11-17/h2-14,20-22,27H,1H3,(H,26,29)(H,28,30). The number of aryl methyl sites for hydroxylation is 1. The highest BCUT2D eigenvalue weighted by atomic mass is 35.5. The summed E-state index contributed by atoms with van der Waals surface area (Å²) in [6, 6.07) is 24.5. The van der Waals surface area contributed by atoms with Gasteiger partial charge in [-0.3, -0.25) is 15.0 Å². The lowest BCUT2D eigenvalue weighted by molar-refractivity contribution is -0.137. The number of hydrazine groups is 1. The number of benzene rings is 3. The smallest absolute Gasteiger partial charge is 0.247 e. The van der Waals surface area contributed by atoms with Gasteiger partial charge in [0, 0.05) is 16.6 Å². The minimum absolute atomic E-state index is 0.261. The van der Waals surface area contributed by atoms with Crippen LogP contribution in [-0.4, -0.2) is 11.8 Å². The van der Waals surface area contributed by atoms with Crippen LogP contribution in [0.1, 0.15) is 28.7 Å². The van der Waals surface area contributed by atoms with Crippen LogP contribution in [0, 0.1) is 12.8 Å². The summed E-state index contributed by atoms with van der Waals surface area (Å²) in [5.41, 5.74) is 9.17. The lowest BCUT2D eigenvalue weighted by Crippen LogP contribution is -2.56. The van der Waals surface area contributed by atoms with Gasteiger partial charge in [-0.1, -0.05) is 78.3 Å². The van der Waals surface area contributed by atoms with Crippen LogP contribution in [0.2, 0.25) is 5.02 Å². The molecule has 152 valence electrons. The lowest BCUT2D eigenvalue weighted by Gasteiger charge is -2.38. The third-order valence-electron chi connectivity index (χ3n) is 5.42. The number of amides is 2. The molecule has 4 rings (SSSR count). The van der Waals surface area contributed by atoms with E-state index in [-0.39, 0.29) is 23.8 Å². The third-order valence-corrected chi connectivity index (χ3v) is 5.82. The van der Waals surface area contributed by atoms with Crippen molar-refractivity contribution in [3.63, 3.8) is 0 Å². The van der Waals surface area contributed by atoms with E-state index in [1.54, 1.807) is 12.1 Å². The Kier molecular flexibility index (Phi) is 5.84. The first-order chi connectivity index (χ1) is 14.5. The predicted molar refractivity (Wildman–Crippen MR) is 118 cm³/mol. The van der Waals surface area contributed by atoms with Crippen LogP contribution in [0.3, 0.4) is 0 Å². The summed E-state index contributed by atoms with van der Waals surface area (Å²) in [5.74, 6) is -2.04. The van der Waals surface area contributed by atoms with Crippen molar-refractivity contribution in [1.29, 1.82) is 0 Å². The predicted octanol–water partition coefficient (Wildman–Crippen LogP) is 4.36. The number of nitrogens with one attached hydrogen (secondary N) is 3. The molecule has 30 heavy (non-hydrogen) atoms. The van der Waals surface area contributed by atoms with Gasteiger partial charge in [0.1, 0.15) is 5.92 Å². The molecule has 3 aromatic carbocycles. The van der Waals surface area contributed by atoms with Gasteiger partial charge in [0.15, 0.2) is 0 Å². The summed E-state index contributed by atoms with van der Waals surface area (Å²) in [7, 11) is 0. The summed E-state index contributed by atoms with van der Waals surface area (Å²) in [4.78, 5) is 26.1. The van der Waals surface area contributed by atoms with Crippen molar-refractivity contribution >= 4 is 29.1 Å². The van der Waals surface area contributed by atoms with Crippen molar-refractivity contribution in [2.45, 2.75) is 18.9 Å². The van der Waals surface area contributed by atoms with Gasteiger partial charge in [0.05, 0.1) is 6.04 Å². The second-order valence-corrected chi connectivity index (χ2v) is 7.80. The highest BCUT2D eigenvalue weighted by Crippen LogP contribution is 2.39. The molecule has 1 saturated heterocycles. The number of carbonyl (C=O) groups excluding carboxylic acids is 2. The highest BCUT2D eigenvalue weighted by molar-refractivity contribution is 6.31. The first-order valence-corrected chi connectivity index (χ1v) is 10.1. The molecular formula is C24H22ClN3O2. The van der Waals surface area contributed by atoms with Crippen LogP contribution in [0.15, 0.2) is 78.9 Å². The molecule has 3 aromatic rings. The van der Waals surface area contributed by atoms with Crippen LogP contribution in [-0.2, 0) is 9.59 Å². The highest BCUT2D eigenvalue weighted by Gasteiger charge is 2.44. The molecule has 1 heterocycles. The van der Waals surface area contributed by atoms with Crippen molar-refractivity contribution < 1.29 is 9.59 Å². The molecule has 0 aromatic heterocycles. The fraction of sp³-hybridized carbons (Fsp3) is 0.167. The fourth-order valence-electron chi connectivity index (χ4n) is 3.86. The zero-order valence-corrected chi connectivity index (χ0v) is 17.2. The Bertz CT molecular complexity index is 1060. The van der Waals surface area contributed by atoms with Crippen molar-refractivity contribution in [1.82, 2.24) is 10.9 Å². The number of hydrogen-bond acceptors (Lipinski definition) is 3. The van der Waals surface area contributed by atoms with E-state index < -0.39 is 5.92 Å². The van der Waals surface area contributed by atoms with Crippen molar-refractivity contribution in [2.75, 3.05) is 5.32 Å². The Hall–Kier alpha value is -3.15. The Morgan fingerprint density at radius 2 is 1.57 bits per heavy atom. The Labute approximate surface area is 180 Å². The van der Waals surface area contributed by atoms with E-state index in [1.165, 1.54) is 0 Å². The summed E-state index contributed by atoms with van der Waals surface area (Å²) in [5, 5.41) is 3.43. The third kappa shape index (κ3) is 4.08.